The number of rotatable bonds is 5. The standard InChI is InChI=1S/C25H24N4O4/c1-6-21-20(15-17(1)22-7-8-23(33-22)25-31-13-14-32-25)24(27-16-26-21)28-18-2-4-19(5-3-18)29-9-11-30-12-10-29/h1-8,15-16,25H,9-14H2,(H,26,27,28). The fourth-order valence-electron chi connectivity index (χ4n) is 4.18. The summed E-state index contributed by atoms with van der Waals surface area (Å²) in [6.07, 6.45) is 1.15. The van der Waals surface area contributed by atoms with Crippen molar-refractivity contribution in [2.45, 2.75) is 6.29 Å². The largest absolute Gasteiger partial charge is 0.456 e. The smallest absolute Gasteiger partial charge is 0.217 e. The number of morpholine rings is 1. The molecule has 1 N–H and O–H groups in total. The Balaban J connectivity index is 1.26. The summed E-state index contributed by atoms with van der Waals surface area (Å²) in [5.41, 5.74) is 3.96. The van der Waals surface area contributed by atoms with Gasteiger partial charge in [-0.25, -0.2) is 9.97 Å². The first-order valence-electron chi connectivity index (χ1n) is 11.1. The van der Waals surface area contributed by atoms with Crippen LogP contribution in [0.25, 0.3) is 22.2 Å². The SMILES string of the molecule is c1nc(Nc2ccc(N3CCOCC3)cc2)c2cc(-c3ccc(C4OCCO4)o3)ccc2n1. The lowest BCUT2D eigenvalue weighted by atomic mass is 10.1. The first kappa shape index (κ1) is 20.2. The Labute approximate surface area is 191 Å². The number of furan rings is 1. The Kier molecular flexibility index (Phi) is 5.39. The lowest BCUT2D eigenvalue weighted by Gasteiger charge is -2.28. The summed E-state index contributed by atoms with van der Waals surface area (Å²) < 4.78 is 22.5. The Morgan fingerprint density at radius 2 is 1.67 bits per heavy atom. The zero-order chi connectivity index (χ0) is 22.0. The molecule has 0 saturated carbocycles. The van der Waals surface area contributed by atoms with Crippen LogP contribution in [0.15, 0.2) is 65.3 Å². The van der Waals surface area contributed by atoms with E-state index in [0.717, 1.165) is 60.0 Å². The first-order chi connectivity index (χ1) is 16.3. The van der Waals surface area contributed by atoms with Crippen LogP contribution in [0.1, 0.15) is 12.1 Å². The van der Waals surface area contributed by atoms with Gasteiger partial charge in [-0.1, -0.05) is 0 Å². The maximum Gasteiger partial charge on any atom is 0.217 e. The van der Waals surface area contributed by atoms with E-state index in [-0.39, 0.29) is 0 Å². The van der Waals surface area contributed by atoms with Gasteiger partial charge in [0, 0.05) is 35.4 Å². The molecule has 0 bridgehead atoms. The summed E-state index contributed by atoms with van der Waals surface area (Å²) >= 11 is 0. The third-order valence-corrected chi connectivity index (χ3v) is 5.91. The van der Waals surface area contributed by atoms with Gasteiger partial charge in [0.1, 0.15) is 17.9 Å². The Morgan fingerprint density at radius 1 is 0.848 bits per heavy atom. The van der Waals surface area contributed by atoms with Gasteiger partial charge in [0.15, 0.2) is 5.76 Å². The highest BCUT2D eigenvalue weighted by Crippen LogP contribution is 2.33. The predicted molar refractivity (Wildman–Crippen MR) is 125 cm³/mol. The second kappa shape index (κ2) is 8.82. The molecular weight excluding hydrogens is 420 g/mol. The molecule has 0 unspecified atom stereocenters. The molecule has 168 valence electrons. The molecule has 6 rings (SSSR count). The van der Waals surface area contributed by atoms with Crippen LogP contribution in [0, 0.1) is 0 Å². The van der Waals surface area contributed by atoms with Crippen LogP contribution in [-0.2, 0) is 14.2 Å². The molecule has 4 aromatic rings. The van der Waals surface area contributed by atoms with E-state index in [9.17, 15) is 0 Å². The zero-order valence-electron chi connectivity index (χ0n) is 18.1. The van der Waals surface area contributed by atoms with Crippen LogP contribution in [0.5, 0.6) is 0 Å². The number of fused-ring (bicyclic) bond motifs is 1. The maximum absolute atomic E-state index is 6.01. The monoisotopic (exact) mass is 444 g/mol. The van der Waals surface area contributed by atoms with E-state index in [2.05, 4.69) is 44.5 Å². The van der Waals surface area contributed by atoms with Crippen LogP contribution in [0.3, 0.4) is 0 Å². The van der Waals surface area contributed by atoms with Gasteiger partial charge in [-0.15, -0.1) is 0 Å². The van der Waals surface area contributed by atoms with E-state index in [1.54, 1.807) is 6.33 Å². The molecule has 2 saturated heterocycles. The third kappa shape index (κ3) is 4.16. The number of benzene rings is 2. The van der Waals surface area contributed by atoms with Crippen LogP contribution in [0.2, 0.25) is 0 Å². The predicted octanol–water partition coefficient (Wildman–Crippen LogP) is 4.52. The van der Waals surface area contributed by atoms with Gasteiger partial charge >= 0.3 is 0 Å². The maximum atomic E-state index is 6.01. The molecule has 8 heteroatoms. The second-order valence-electron chi connectivity index (χ2n) is 8.00. The van der Waals surface area contributed by atoms with Crippen LogP contribution >= 0.6 is 0 Å². The molecule has 33 heavy (non-hydrogen) atoms. The van der Waals surface area contributed by atoms with Crippen LogP contribution in [0.4, 0.5) is 17.2 Å². The molecule has 0 amide bonds. The number of hydrogen-bond acceptors (Lipinski definition) is 8. The second-order valence-corrected chi connectivity index (χ2v) is 8.00. The van der Waals surface area contributed by atoms with Gasteiger partial charge in [0.25, 0.3) is 0 Å². The van der Waals surface area contributed by atoms with E-state index in [1.165, 1.54) is 5.69 Å². The Hall–Kier alpha value is -3.46. The van der Waals surface area contributed by atoms with Crippen molar-refractivity contribution in [3.05, 3.63) is 66.7 Å². The fraction of sp³-hybridized carbons (Fsp3) is 0.280. The molecular formula is C25H24N4O4. The van der Waals surface area contributed by atoms with Gasteiger partial charge in [-0.3, -0.25) is 0 Å². The average Bonchev–Trinajstić information content (AvgIpc) is 3.58. The van der Waals surface area contributed by atoms with Gasteiger partial charge in [0.2, 0.25) is 6.29 Å². The molecule has 4 heterocycles. The van der Waals surface area contributed by atoms with E-state index >= 15 is 0 Å². The summed E-state index contributed by atoms with van der Waals surface area (Å²) in [6.45, 7) is 4.53. The fourth-order valence-corrected chi connectivity index (χ4v) is 4.18. The van der Waals surface area contributed by atoms with E-state index < -0.39 is 6.29 Å². The highest BCUT2D eigenvalue weighted by atomic mass is 16.7. The minimum absolute atomic E-state index is 0.430. The van der Waals surface area contributed by atoms with Gasteiger partial charge in [-0.05, 0) is 54.6 Å². The van der Waals surface area contributed by atoms with E-state index in [1.807, 2.05) is 30.3 Å². The molecule has 0 aliphatic carbocycles. The van der Waals surface area contributed by atoms with Crippen molar-refractivity contribution in [1.29, 1.82) is 0 Å². The summed E-state index contributed by atoms with van der Waals surface area (Å²) in [5.74, 6) is 2.16. The molecule has 2 aliphatic rings. The topological polar surface area (TPSA) is 81.9 Å². The number of hydrogen-bond donors (Lipinski definition) is 1. The third-order valence-electron chi connectivity index (χ3n) is 5.91. The zero-order valence-corrected chi connectivity index (χ0v) is 18.1. The van der Waals surface area contributed by atoms with Gasteiger partial charge < -0.3 is 28.8 Å². The number of nitrogens with one attached hydrogen (secondary N) is 1. The van der Waals surface area contributed by atoms with Crippen molar-refractivity contribution in [1.82, 2.24) is 9.97 Å². The molecule has 0 radical (unpaired) electrons. The van der Waals surface area contributed by atoms with Gasteiger partial charge in [-0.2, -0.15) is 0 Å². The summed E-state index contributed by atoms with van der Waals surface area (Å²) in [5, 5.41) is 4.36. The highest BCUT2D eigenvalue weighted by Gasteiger charge is 2.22. The lowest BCUT2D eigenvalue weighted by Crippen LogP contribution is -2.36. The molecule has 2 fully saturated rings. The normalized spacial score (nSPS) is 17.0. The quantitative estimate of drug-likeness (QED) is 0.481. The van der Waals surface area contributed by atoms with Crippen molar-refractivity contribution < 1.29 is 18.6 Å². The van der Waals surface area contributed by atoms with Crippen molar-refractivity contribution >= 4 is 28.1 Å². The summed E-state index contributed by atoms with van der Waals surface area (Å²) in [4.78, 5) is 11.3. The van der Waals surface area contributed by atoms with Crippen molar-refractivity contribution in [3.63, 3.8) is 0 Å². The number of aromatic nitrogens is 2. The van der Waals surface area contributed by atoms with E-state index in [4.69, 9.17) is 18.6 Å². The minimum Gasteiger partial charge on any atom is -0.456 e. The van der Waals surface area contributed by atoms with Crippen LogP contribution < -0.4 is 10.2 Å². The minimum atomic E-state index is -0.430. The summed E-state index contributed by atoms with van der Waals surface area (Å²) in [6, 6.07) is 18.2. The molecule has 2 aromatic heterocycles. The molecule has 8 nitrogen and oxygen atoms in total. The number of nitrogens with zero attached hydrogens (tertiary/aromatic N) is 3. The molecule has 2 aromatic carbocycles. The first-order valence-corrected chi connectivity index (χ1v) is 11.1. The Bertz CT molecular complexity index is 1240. The van der Waals surface area contributed by atoms with Crippen molar-refractivity contribution in [2.75, 3.05) is 49.7 Å². The molecule has 2 aliphatic heterocycles. The Morgan fingerprint density at radius 3 is 2.48 bits per heavy atom. The molecule has 0 spiro atoms. The van der Waals surface area contributed by atoms with Crippen LogP contribution in [-0.4, -0.2) is 49.5 Å². The average molecular weight is 444 g/mol. The highest BCUT2D eigenvalue weighted by molar-refractivity contribution is 5.93. The lowest BCUT2D eigenvalue weighted by molar-refractivity contribution is -0.0585. The van der Waals surface area contributed by atoms with Crippen molar-refractivity contribution in [2.24, 2.45) is 0 Å². The van der Waals surface area contributed by atoms with Crippen molar-refractivity contribution in [3.8, 4) is 11.3 Å². The number of ether oxygens (including phenoxy) is 3. The van der Waals surface area contributed by atoms with E-state index in [0.29, 0.717) is 19.0 Å². The molecule has 0 atom stereocenters. The van der Waals surface area contributed by atoms with Gasteiger partial charge in [0.05, 0.1) is 31.9 Å². The summed E-state index contributed by atoms with van der Waals surface area (Å²) in [7, 11) is 0. The number of anilines is 3.